The number of thiophene rings is 1. The largest absolute Gasteiger partial charge is 0.369 e. The highest BCUT2D eigenvalue weighted by Gasteiger charge is 2.44. The number of hydrogen-bond donors (Lipinski definition) is 0. The van der Waals surface area contributed by atoms with E-state index in [1.54, 1.807) is 35.0 Å². The summed E-state index contributed by atoms with van der Waals surface area (Å²) in [7, 11) is 3.52. The number of ether oxygens (including phenoxy) is 1. The maximum absolute atomic E-state index is 11.9. The van der Waals surface area contributed by atoms with Gasteiger partial charge in [-0.25, -0.2) is 0 Å². The molecule has 2 aliphatic heterocycles. The van der Waals surface area contributed by atoms with E-state index in [1.165, 1.54) is 10.4 Å². The molecule has 0 radical (unpaired) electrons. The van der Waals surface area contributed by atoms with E-state index in [0.29, 0.717) is 6.04 Å². The molecular weight excluding hydrogens is 396 g/mol. The Bertz CT molecular complexity index is 864. The van der Waals surface area contributed by atoms with Gasteiger partial charge < -0.3 is 9.64 Å². The van der Waals surface area contributed by atoms with Crippen molar-refractivity contribution in [1.29, 1.82) is 0 Å². The number of likely N-dealkylation sites (tertiary alicyclic amines) is 1. The Morgan fingerprint density at radius 1 is 1.50 bits per heavy atom. The van der Waals surface area contributed by atoms with Gasteiger partial charge in [0.25, 0.3) is 0 Å². The summed E-state index contributed by atoms with van der Waals surface area (Å²) >= 11 is 7.99. The molecule has 0 aliphatic carbocycles. The maximum Gasteiger partial charge on any atom is 0.243 e. The molecule has 1 saturated heterocycles. The molecule has 0 saturated carbocycles. The second-order valence-corrected chi connectivity index (χ2v) is 9.79. The molecule has 2 aromatic rings. The highest BCUT2D eigenvalue weighted by molar-refractivity contribution is 7.16. The minimum absolute atomic E-state index is 0.0443. The summed E-state index contributed by atoms with van der Waals surface area (Å²) in [5.41, 5.74) is 2.33. The van der Waals surface area contributed by atoms with Crippen LogP contribution in [-0.4, -0.2) is 58.8 Å². The van der Waals surface area contributed by atoms with E-state index in [4.69, 9.17) is 16.3 Å². The molecule has 28 heavy (non-hydrogen) atoms. The van der Waals surface area contributed by atoms with E-state index in [2.05, 4.69) is 23.0 Å². The van der Waals surface area contributed by atoms with Gasteiger partial charge in [-0.3, -0.25) is 14.4 Å². The second-order valence-electron chi connectivity index (χ2n) is 8.11. The molecule has 0 unspecified atom stereocenters. The topological polar surface area (TPSA) is 50.6 Å². The molecule has 1 fully saturated rings. The average molecular weight is 423 g/mol. The molecule has 2 atom stereocenters. The number of piperidine rings is 1. The van der Waals surface area contributed by atoms with Crippen LogP contribution in [0.2, 0.25) is 4.34 Å². The molecule has 0 aromatic carbocycles. The fourth-order valence-electron chi connectivity index (χ4n) is 4.30. The van der Waals surface area contributed by atoms with Gasteiger partial charge >= 0.3 is 0 Å². The fourth-order valence-corrected chi connectivity index (χ4v) is 5.78. The number of halogens is 1. The van der Waals surface area contributed by atoms with E-state index >= 15 is 0 Å². The standard InChI is InChI=1S/C20H27ClN4O2S/c1-14-9-20(19-16(4-7-27-20)8-17(21)28-19)5-6-24(14)11-15-10-22-25(12-15)13-18(26)23(2)3/h8,10,12,14H,4-7,9,11,13H2,1-3H3/t14-,20+/m0/s1. The fraction of sp³-hybridized carbons (Fsp3) is 0.600. The van der Waals surface area contributed by atoms with Gasteiger partial charge in [0.15, 0.2) is 0 Å². The lowest BCUT2D eigenvalue weighted by atomic mass is 9.82. The number of fused-ring (bicyclic) bond motifs is 2. The van der Waals surface area contributed by atoms with Gasteiger partial charge in [-0.2, -0.15) is 5.10 Å². The third-order valence-corrected chi connectivity index (χ3v) is 7.35. The molecule has 2 aliphatic rings. The third kappa shape index (κ3) is 3.85. The number of carbonyl (C=O) groups excluding carboxylic acids is 1. The summed E-state index contributed by atoms with van der Waals surface area (Å²) in [4.78, 5) is 17.3. The first-order valence-corrected chi connectivity index (χ1v) is 10.9. The zero-order chi connectivity index (χ0) is 19.9. The lowest BCUT2D eigenvalue weighted by Crippen LogP contribution is -2.49. The van der Waals surface area contributed by atoms with Crippen molar-refractivity contribution in [1.82, 2.24) is 19.6 Å². The van der Waals surface area contributed by atoms with Crippen molar-refractivity contribution in [2.45, 2.75) is 50.9 Å². The summed E-state index contributed by atoms with van der Waals surface area (Å²) in [5.74, 6) is 0.0443. The number of nitrogens with zero attached hydrogens (tertiary/aromatic N) is 4. The lowest BCUT2D eigenvalue weighted by molar-refractivity contribution is -0.129. The van der Waals surface area contributed by atoms with Crippen LogP contribution in [0, 0.1) is 0 Å². The van der Waals surface area contributed by atoms with E-state index < -0.39 is 0 Å². The number of aromatic nitrogens is 2. The van der Waals surface area contributed by atoms with E-state index in [1.807, 2.05) is 12.4 Å². The Morgan fingerprint density at radius 3 is 3.07 bits per heavy atom. The zero-order valence-electron chi connectivity index (χ0n) is 16.7. The molecule has 4 heterocycles. The molecule has 0 N–H and O–H groups in total. The first-order chi connectivity index (χ1) is 13.4. The van der Waals surface area contributed by atoms with Crippen molar-refractivity contribution < 1.29 is 9.53 Å². The molecule has 1 amide bonds. The highest BCUT2D eigenvalue weighted by atomic mass is 35.5. The number of carbonyl (C=O) groups is 1. The van der Waals surface area contributed by atoms with E-state index in [9.17, 15) is 4.79 Å². The minimum atomic E-state index is -0.177. The first-order valence-electron chi connectivity index (χ1n) is 9.74. The van der Waals surface area contributed by atoms with Crippen molar-refractivity contribution >= 4 is 28.8 Å². The van der Waals surface area contributed by atoms with E-state index in [0.717, 1.165) is 48.9 Å². The van der Waals surface area contributed by atoms with Crippen LogP contribution in [0.4, 0.5) is 0 Å². The Kier molecular flexibility index (Phi) is 5.53. The van der Waals surface area contributed by atoms with Crippen molar-refractivity contribution in [3.63, 3.8) is 0 Å². The van der Waals surface area contributed by atoms with Crippen molar-refractivity contribution in [2.75, 3.05) is 27.2 Å². The normalized spacial score (nSPS) is 25.1. The Labute approximate surface area is 175 Å². The predicted octanol–water partition coefficient (Wildman–Crippen LogP) is 3.14. The second kappa shape index (κ2) is 7.78. The molecule has 0 bridgehead atoms. The number of amides is 1. The summed E-state index contributed by atoms with van der Waals surface area (Å²) in [5, 5.41) is 4.35. The van der Waals surface area contributed by atoms with Gasteiger partial charge in [-0.1, -0.05) is 11.6 Å². The van der Waals surface area contributed by atoms with Crippen LogP contribution in [0.15, 0.2) is 18.5 Å². The molecule has 4 rings (SSSR count). The quantitative estimate of drug-likeness (QED) is 0.759. The molecule has 2 aromatic heterocycles. The molecule has 1 spiro atoms. The third-order valence-electron chi connectivity index (χ3n) is 5.86. The van der Waals surface area contributed by atoms with Crippen LogP contribution in [0.5, 0.6) is 0 Å². The van der Waals surface area contributed by atoms with Gasteiger partial charge in [-0.15, -0.1) is 11.3 Å². The monoisotopic (exact) mass is 422 g/mol. The Morgan fingerprint density at radius 2 is 2.32 bits per heavy atom. The average Bonchev–Trinajstić information content (AvgIpc) is 3.24. The zero-order valence-corrected chi connectivity index (χ0v) is 18.2. The maximum atomic E-state index is 11.9. The number of rotatable bonds is 4. The van der Waals surface area contributed by atoms with Crippen LogP contribution < -0.4 is 0 Å². The molecular formula is C20H27ClN4O2S. The molecule has 8 heteroatoms. The van der Waals surface area contributed by atoms with Crippen LogP contribution in [0.3, 0.4) is 0 Å². The van der Waals surface area contributed by atoms with Crippen LogP contribution in [-0.2, 0) is 34.6 Å². The number of hydrogen-bond acceptors (Lipinski definition) is 5. The number of likely N-dealkylation sites (N-methyl/N-ethyl adjacent to an activating group) is 1. The van der Waals surface area contributed by atoms with Crippen molar-refractivity contribution in [3.05, 3.63) is 38.8 Å². The lowest BCUT2D eigenvalue weighted by Gasteiger charge is -2.47. The van der Waals surface area contributed by atoms with Crippen molar-refractivity contribution in [3.8, 4) is 0 Å². The van der Waals surface area contributed by atoms with E-state index in [-0.39, 0.29) is 18.1 Å². The van der Waals surface area contributed by atoms with Gasteiger partial charge in [0.1, 0.15) is 12.1 Å². The summed E-state index contributed by atoms with van der Waals surface area (Å²) in [6.07, 6.45) is 6.77. The Balaban J connectivity index is 1.42. The molecule has 6 nitrogen and oxygen atoms in total. The summed E-state index contributed by atoms with van der Waals surface area (Å²) in [6.45, 7) is 5.14. The highest BCUT2D eigenvalue weighted by Crippen LogP contribution is 2.48. The molecule has 152 valence electrons. The van der Waals surface area contributed by atoms with Gasteiger partial charge in [0.05, 0.1) is 17.1 Å². The van der Waals surface area contributed by atoms with Gasteiger partial charge in [0, 0.05) is 49.9 Å². The van der Waals surface area contributed by atoms with Gasteiger partial charge in [0.2, 0.25) is 5.91 Å². The van der Waals surface area contributed by atoms with Gasteiger partial charge in [-0.05, 0) is 37.8 Å². The summed E-state index contributed by atoms with van der Waals surface area (Å²) in [6, 6.07) is 2.51. The van der Waals surface area contributed by atoms with Crippen LogP contribution in [0.25, 0.3) is 0 Å². The predicted molar refractivity (Wildman–Crippen MR) is 111 cm³/mol. The summed E-state index contributed by atoms with van der Waals surface area (Å²) < 4.78 is 8.94. The minimum Gasteiger partial charge on any atom is -0.369 e. The first kappa shape index (κ1) is 19.9. The van der Waals surface area contributed by atoms with Crippen LogP contribution in [0.1, 0.15) is 35.8 Å². The SMILES string of the molecule is C[C@H]1C[C@@]2(CCN1Cc1cnn(CC(=O)N(C)C)c1)OCCc1cc(Cl)sc12. The van der Waals surface area contributed by atoms with Crippen LogP contribution >= 0.6 is 22.9 Å². The van der Waals surface area contributed by atoms with Crippen molar-refractivity contribution in [2.24, 2.45) is 0 Å². The Hall–Kier alpha value is -1.41. The smallest absolute Gasteiger partial charge is 0.243 e.